The van der Waals surface area contributed by atoms with E-state index in [2.05, 4.69) is 16.0 Å². The standard InChI is InChI=1S/C24H19Cl2N3O2/c25-18-4-5-19(22(26)12-18)21-14-28-23-20(21)11-17(13-27-23)15-2-1-3-16(10-15)24(30)29-6-8-31-9-7-29/h1-5,10-14H,6-9H2,(H,27,28). The Morgan fingerprint density at radius 1 is 1.00 bits per heavy atom. The highest BCUT2D eigenvalue weighted by Gasteiger charge is 2.19. The quantitative estimate of drug-likeness (QED) is 0.436. The van der Waals surface area contributed by atoms with Gasteiger partial charge in [0, 0.05) is 63.2 Å². The summed E-state index contributed by atoms with van der Waals surface area (Å²) in [4.78, 5) is 22.5. The molecular formula is C24H19Cl2N3O2. The summed E-state index contributed by atoms with van der Waals surface area (Å²) in [5, 5.41) is 2.12. The van der Waals surface area contributed by atoms with Crippen LogP contribution in [-0.4, -0.2) is 47.1 Å². The molecule has 1 N–H and O–H groups in total. The average molecular weight is 452 g/mol. The Kier molecular flexibility index (Phi) is 5.40. The number of rotatable bonds is 3. The number of carbonyl (C=O) groups excluding carboxylic acids is 1. The summed E-state index contributed by atoms with van der Waals surface area (Å²) in [6.45, 7) is 2.39. The molecule has 31 heavy (non-hydrogen) atoms. The van der Waals surface area contributed by atoms with E-state index in [9.17, 15) is 4.79 Å². The SMILES string of the molecule is O=C(c1cccc(-c2cnc3[nH]cc(-c4ccc(Cl)cc4Cl)c3c2)c1)N1CCOCC1. The predicted octanol–water partition coefficient (Wildman–Crippen LogP) is 5.68. The van der Waals surface area contributed by atoms with Crippen molar-refractivity contribution in [1.29, 1.82) is 0 Å². The first-order valence-electron chi connectivity index (χ1n) is 10.0. The normalized spacial score (nSPS) is 14.2. The summed E-state index contributed by atoms with van der Waals surface area (Å²) in [6, 6.07) is 15.2. The van der Waals surface area contributed by atoms with Crippen molar-refractivity contribution in [3.8, 4) is 22.3 Å². The molecule has 1 amide bonds. The Labute approximate surface area is 189 Å². The van der Waals surface area contributed by atoms with Gasteiger partial charge >= 0.3 is 0 Å². The molecule has 0 radical (unpaired) electrons. The lowest BCUT2D eigenvalue weighted by atomic mass is 10.0. The van der Waals surface area contributed by atoms with E-state index >= 15 is 0 Å². The van der Waals surface area contributed by atoms with E-state index in [1.54, 1.807) is 6.07 Å². The topological polar surface area (TPSA) is 58.2 Å². The van der Waals surface area contributed by atoms with Crippen LogP contribution in [0, 0.1) is 0 Å². The fourth-order valence-corrected chi connectivity index (χ4v) is 4.38. The second kappa shape index (κ2) is 8.35. The van der Waals surface area contributed by atoms with Gasteiger partial charge in [-0.25, -0.2) is 4.98 Å². The van der Waals surface area contributed by atoms with Gasteiger partial charge < -0.3 is 14.6 Å². The molecule has 1 fully saturated rings. The van der Waals surface area contributed by atoms with E-state index in [-0.39, 0.29) is 5.91 Å². The molecule has 0 saturated carbocycles. The molecule has 2 aromatic heterocycles. The Bertz CT molecular complexity index is 1280. The van der Waals surface area contributed by atoms with Crippen LogP contribution in [0.1, 0.15) is 10.4 Å². The molecule has 0 aliphatic carbocycles. The number of pyridine rings is 1. The zero-order chi connectivity index (χ0) is 21.4. The zero-order valence-electron chi connectivity index (χ0n) is 16.6. The predicted molar refractivity (Wildman–Crippen MR) is 124 cm³/mol. The van der Waals surface area contributed by atoms with Gasteiger partial charge in [-0.1, -0.05) is 41.4 Å². The van der Waals surface area contributed by atoms with Gasteiger partial charge in [-0.15, -0.1) is 0 Å². The Hall–Kier alpha value is -2.86. The van der Waals surface area contributed by atoms with Crippen molar-refractivity contribution in [1.82, 2.24) is 14.9 Å². The van der Waals surface area contributed by atoms with Crippen LogP contribution in [0.25, 0.3) is 33.3 Å². The number of amides is 1. The smallest absolute Gasteiger partial charge is 0.254 e. The van der Waals surface area contributed by atoms with Crippen LogP contribution in [0.15, 0.2) is 60.9 Å². The van der Waals surface area contributed by atoms with Crippen LogP contribution in [0.3, 0.4) is 0 Å². The van der Waals surface area contributed by atoms with Gasteiger partial charge in [0.25, 0.3) is 5.91 Å². The molecule has 1 aliphatic heterocycles. The van der Waals surface area contributed by atoms with Crippen molar-refractivity contribution in [2.45, 2.75) is 0 Å². The first kappa shape index (κ1) is 20.1. The number of fused-ring (bicyclic) bond motifs is 1. The molecule has 1 aliphatic rings. The fourth-order valence-electron chi connectivity index (χ4n) is 3.87. The number of nitrogens with one attached hydrogen (secondary N) is 1. The second-order valence-corrected chi connectivity index (χ2v) is 8.28. The van der Waals surface area contributed by atoms with Crippen LogP contribution < -0.4 is 0 Å². The van der Waals surface area contributed by atoms with Gasteiger partial charge in [0.1, 0.15) is 5.65 Å². The molecule has 5 rings (SSSR count). The maximum Gasteiger partial charge on any atom is 0.254 e. The molecule has 1 saturated heterocycles. The van der Waals surface area contributed by atoms with Crippen molar-refractivity contribution >= 4 is 40.1 Å². The number of halogens is 2. The van der Waals surface area contributed by atoms with E-state index in [1.165, 1.54) is 0 Å². The van der Waals surface area contributed by atoms with E-state index in [0.29, 0.717) is 41.9 Å². The summed E-state index contributed by atoms with van der Waals surface area (Å²) in [6.07, 6.45) is 3.71. The minimum absolute atomic E-state index is 0.0227. The molecule has 0 spiro atoms. The number of hydrogen-bond acceptors (Lipinski definition) is 3. The summed E-state index contributed by atoms with van der Waals surface area (Å²) in [5.74, 6) is 0.0227. The van der Waals surface area contributed by atoms with E-state index in [0.717, 1.165) is 33.3 Å². The monoisotopic (exact) mass is 451 g/mol. The Morgan fingerprint density at radius 3 is 2.65 bits per heavy atom. The third-order valence-corrected chi connectivity index (χ3v) is 6.04. The number of H-pyrrole nitrogens is 1. The van der Waals surface area contributed by atoms with Gasteiger partial charge in [0.05, 0.1) is 13.2 Å². The summed E-state index contributed by atoms with van der Waals surface area (Å²) < 4.78 is 5.35. The first-order valence-corrected chi connectivity index (χ1v) is 10.8. The van der Waals surface area contributed by atoms with Crippen LogP contribution >= 0.6 is 23.2 Å². The number of ether oxygens (including phenoxy) is 1. The zero-order valence-corrected chi connectivity index (χ0v) is 18.1. The van der Waals surface area contributed by atoms with Gasteiger partial charge in [0.15, 0.2) is 0 Å². The molecular weight excluding hydrogens is 433 g/mol. The highest BCUT2D eigenvalue weighted by molar-refractivity contribution is 6.36. The second-order valence-electron chi connectivity index (χ2n) is 7.43. The van der Waals surface area contributed by atoms with Gasteiger partial charge in [-0.3, -0.25) is 4.79 Å². The molecule has 7 heteroatoms. The molecule has 4 aromatic rings. The van der Waals surface area contributed by atoms with Gasteiger partial charge in [-0.05, 0) is 35.9 Å². The summed E-state index contributed by atoms with van der Waals surface area (Å²) >= 11 is 12.5. The van der Waals surface area contributed by atoms with Crippen LogP contribution in [0.4, 0.5) is 0 Å². The van der Waals surface area contributed by atoms with E-state index < -0.39 is 0 Å². The Morgan fingerprint density at radius 2 is 1.84 bits per heavy atom. The third kappa shape index (κ3) is 3.92. The number of aromatic amines is 1. The molecule has 2 aromatic carbocycles. The fraction of sp³-hybridized carbons (Fsp3) is 0.167. The molecule has 3 heterocycles. The highest BCUT2D eigenvalue weighted by Crippen LogP contribution is 2.36. The van der Waals surface area contributed by atoms with Crippen molar-refractivity contribution in [2.24, 2.45) is 0 Å². The number of nitrogens with zero attached hydrogens (tertiary/aromatic N) is 2. The number of benzene rings is 2. The molecule has 156 valence electrons. The highest BCUT2D eigenvalue weighted by atomic mass is 35.5. The van der Waals surface area contributed by atoms with Crippen molar-refractivity contribution < 1.29 is 9.53 Å². The summed E-state index contributed by atoms with van der Waals surface area (Å²) in [5.41, 5.74) is 5.12. The van der Waals surface area contributed by atoms with Crippen LogP contribution in [0.2, 0.25) is 10.0 Å². The van der Waals surface area contributed by atoms with Gasteiger partial charge in [0.2, 0.25) is 0 Å². The van der Waals surface area contributed by atoms with Gasteiger partial charge in [-0.2, -0.15) is 0 Å². The number of hydrogen-bond donors (Lipinski definition) is 1. The van der Waals surface area contributed by atoms with E-state index in [4.69, 9.17) is 27.9 Å². The van der Waals surface area contributed by atoms with Crippen molar-refractivity contribution in [3.05, 3.63) is 76.5 Å². The van der Waals surface area contributed by atoms with E-state index in [1.807, 2.05) is 53.7 Å². The lowest BCUT2D eigenvalue weighted by molar-refractivity contribution is 0.0303. The first-order chi connectivity index (χ1) is 15.1. The number of aromatic nitrogens is 2. The maximum atomic E-state index is 12.9. The largest absolute Gasteiger partial charge is 0.378 e. The van der Waals surface area contributed by atoms with Crippen molar-refractivity contribution in [3.63, 3.8) is 0 Å². The number of morpholine rings is 1. The lowest BCUT2D eigenvalue weighted by Gasteiger charge is -2.27. The Balaban J connectivity index is 1.53. The minimum Gasteiger partial charge on any atom is -0.378 e. The van der Waals surface area contributed by atoms with Crippen molar-refractivity contribution in [2.75, 3.05) is 26.3 Å². The third-order valence-electron chi connectivity index (χ3n) is 5.49. The average Bonchev–Trinajstić information content (AvgIpc) is 3.22. The minimum atomic E-state index is 0.0227. The molecule has 0 atom stereocenters. The lowest BCUT2D eigenvalue weighted by Crippen LogP contribution is -2.40. The molecule has 5 nitrogen and oxygen atoms in total. The molecule has 0 unspecified atom stereocenters. The maximum absolute atomic E-state index is 12.9. The molecule has 0 bridgehead atoms. The summed E-state index contributed by atoms with van der Waals surface area (Å²) in [7, 11) is 0. The number of carbonyl (C=O) groups is 1. The van der Waals surface area contributed by atoms with Crippen LogP contribution in [0.5, 0.6) is 0 Å². The van der Waals surface area contributed by atoms with Crippen LogP contribution in [-0.2, 0) is 4.74 Å².